The van der Waals surface area contributed by atoms with Crippen molar-refractivity contribution in [2.45, 2.75) is 37.8 Å². The summed E-state index contributed by atoms with van der Waals surface area (Å²) in [5.41, 5.74) is 0.641. The maximum absolute atomic E-state index is 12.0. The molecule has 4 rings (SSSR count). The molecule has 1 aliphatic heterocycles. The Bertz CT molecular complexity index is 645. The standard InChI is InChI=1S/C18H22N2O4/c1-23-18(22)20(15-10-19-17(15)21)13-4-6-14(7-5-13)24-16-9-11-2-3-12(16)8-11/h4-7,11-12,15-16H,2-3,8-10H2,1H3,(H,19,21)/t11-,12+,15-,16+/m0/s1. The van der Waals surface area contributed by atoms with Crippen molar-refractivity contribution in [1.82, 2.24) is 5.32 Å². The van der Waals surface area contributed by atoms with Gasteiger partial charge in [-0.05, 0) is 61.8 Å². The predicted molar refractivity (Wildman–Crippen MR) is 88.0 cm³/mol. The van der Waals surface area contributed by atoms with Crippen LogP contribution in [0.5, 0.6) is 5.75 Å². The van der Waals surface area contributed by atoms with Gasteiger partial charge >= 0.3 is 6.09 Å². The number of fused-ring (bicyclic) bond motifs is 2. The smallest absolute Gasteiger partial charge is 0.414 e. The summed E-state index contributed by atoms with van der Waals surface area (Å²) in [5, 5.41) is 2.65. The van der Waals surface area contributed by atoms with E-state index in [0.717, 1.165) is 18.1 Å². The van der Waals surface area contributed by atoms with Gasteiger partial charge in [0.2, 0.25) is 5.91 Å². The van der Waals surface area contributed by atoms with E-state index in [1.807, 2.05) is 24.3 Å². The Morgan fingerprint density at radius 1 is 1.21 bits per heavy atom. The van der Waals surface area contributed by atoms with Crippen LogP contribution in [-0.4, -0.2) is 37.8 Å². The lowest BCUT2D eigenvalue weighted by Gasteiger charge is -2.35. The van der Waals surface area contributed by atoms with E-state index in [1.54, 1.807) is 0 Å². The number of nitrogens with zero attached hydrogens (tertiary/aromatic N) is 1. The minimum absolute atomic E-state index is 0.164. The molecule has 0 radical (unpaired) electrons. The van der Waals surface area contributed by atoms with Crippen LogP contribution in [0.15, 0.2) is 24.3 Å². The molecule has 1 aromatic rings. The Kier molecular flexibility index (Phi) is 3.82. The lowest BCUT2D eigenvalue weighted by molar-refractivity contribution is -0.127. The monoisotopic (exact) mass is 330 g/mol. The first-order valence-electron chi connectivity index (χ1n) is 8.57. The van der Waals surface area contributed by atoms with Gasteiger partial charge in [-0.3, -0.25) is 9.69 Å². The number of benzene rings is 1. The first-order chi connectivity index (χ1) is 11.7. The maximum atomic E-state index is 12.0. The van der Waals surface area contributed by atoms with E-state index in [1.165, 1.54) is 31.3 Å². The third-order valence-electron chi connectivity index (χ3n) is 5.53. The van der Waals surface area contributed by atoms with Crippen molar-refractivity contribution < 1.29 is 19.1 Å². The molecule has 2 bridgehead atoms. The van der Waals surface area contributed by atoms with Crippen LogP contribution in [-0.2, 0) is 9.53 Å². The Hall–Kier alpha value is -2.24. The fraction of sp³-hybridized carbons (Fsp3) is 0.556. The highest BCUT2D eigenvalue weighted by Gasteiger charge is 2.41. The zero-order valence-electron chi connectivity index (χ0n) is 13.7. The summed E-state index contributed by atoms with van der Waals surface area (Å²) in [6.07, 6.45) is 4.88. The van der Waals surface area contributed by atoms with Gasteiger partial charge in [0, 0.05) is 12.2 Å². The van der Waals surface area contributed by atoms with Crippen LogP contribution in [0.2, 0.25) is 0 Å². The summed E-state index contributed by atoms with van der Waals surface area (Å²) >= 11 is 0. The molecule has 3 aliphatic rings. The average Bonchev–Trinajstić information content (AvgIpc) is 3.21. The summed E-state index contributed by atoms with van der Waals surface area (Å²) in [6, 6.07) is 6.85. The quantitative estimate of drug-likeness (QED) is 0.861. The number of anilines is 1. The number of hydrogen-bond donors (Lipinski definition) is 1. The van der Waals surface area contributed by atoms with Crippen LogP contribution in [0.4, 0.5) is 10.5 Å². The van der Waals surface area contributed by atoms with Crippen molar-refractivity contribution >= 4 is 17.7 Å². The summed E-state index contributed by atoms with van der Waals surface area (Å²) in [4.78, 5) is 25.1. The molecule has 0 aromatic heterocycles. The van der Waals surface area contributed by atoms with Crippen LogP contribution in [0, 0.1) is 11.8 Å². The third-order valence-corrected chi connectivity index (χ3v) is 5.53. The minimum atomic E-state index is -0.531. The van der Waals surface area contributed by atoms with Crippen LogP contribution in [0.3, 0.4) is 0 Å². The van der Waals surface area contributed by atoms with Gasteiger partial charge in [-0.25, -0.2) is 4.79 Å². The molecule has 3 fully saturated rings. The summed E-state index contributed by atoms with van der Waals surface area (Å²) < 4.78 is 11.0. The zero-order valence-corrected chi connectivity index (χ0v) is 13.7. The summed E-state index contributed by atoms with van der Waals surface area (Å²) in [7, 11) is 1.32. The maximum Gasteiger partial charge on any atom is 0.414 e. The van der Waals surface area contributed by atoms with Crippen LogP contribution < -0.4 is 15.0 Å². The lowest BCUT2D eigenvalue weighted by Crippen LogP contribution is -2.63. The lowest BCUT2D eigenvalue weighted by atomic mass is 9.98. The van der Waals surface area contributed by atoms with Crippen LogP contribution >= 0.6 is 0 Å². The Labute approximate surface area is 141 Å². The Morgan fingerprint density at radius 3 is 2.50 bits per heavy atom. The predicted octanol–water partition coefficient (Wildman–Crippen LogP) is 2.33. The minimum Gasteiger partial charge on any atom is -0.490 e. The molecule has 0 spiro atoms. The van der Waals surface area contributed by atoms with E-state index < -0.39 is 12.1 Å². The van der Waals surface area contributed by atoms with Gasteiger partial charge in [0.15, 0.2) is 0 Å². The molecule has 6 heteroatoms. The number of ether oxygens (including phenoxy) is 2. The van der Waals surface area contributed by atoms with Crippen molar-refractivity contribution in [3.63, 3.8) is 0 Å². The number of rotatable bonds is 4. The van der Waals surface area contributed by atoms with Crippen LogP contribution in [0.25, 0.3) is 0 Å². The molecule has 128 valence electrons. The number of carbonyl (C=O) groups is 2. The molecule has 2 aliphatic carbocycles. The molecule has 2 amide bonds. The SMILES string of the molecule is COC(=O)N(c1ccc(O[C@@H]2C[C@H]3CC[C@@H]2C3)cc1)[C@H]1CNC1=O. The van der Waals surface area contributed by atoms with Crippen molar-refractivity contribution in [1.29, 1.82) is 0 Å². The first-order valence-corrected chi connectivity index (χ1v) is 8.57. The van der Waals surface area contributed by atoms with E-state index in [2.05, 4.69) is 5.32 Å². The molecule has 1 heterocycles. The van der Waals surface area contributed by atoms with Gasteiger partial charge < -0.3 is 14.8 Å². The van der Waals surface area contributed by atoms with Gasteiger partial charge in [-0.15, -0.1) is 0 Å². The van der Waals surface area contributed by atoms with Gasteiger partial charge in [0.1, 0.15) is 17.9 Å². The second kappa shape index (κ2) is 6.00. The molecule has 1 N–H and O–H groups in total. The van der Waals surface area contributed by atoms with Crippen molar-refractivity contribution in [3.05, 3.63) is 24.3 Å². The molecule has 24 heavy (non-hydrogen) atoms. The Morgan fingerprint density at radius 2 is 2.00 bits per heavy atom. The van der Waals surface area contributed by atoms with Crippen LogP contribution in [0.1, 0.15) is 25.7 Å². The number of methoxy groups -OCH3 is 1. The Balaban J connectivity index is 1.47. The van der Waals surface area contributed by atoms with E-state index >= 15 is 0 Å². The van der Waals surface area contributed by atoms with Gasteiger partial charge in [0.25, 0.3) is 0 Å². The summed E-state index contributed by atoms with van der Waals surface area (Å²) in [5.74, 6) is 2.19. The number of β-lactam (4-membered cyclic amide) rings is 1. The third kappa shape index (κ3) is 2.60. The highest BCUT2D eigenvalue weighted by molar-refractivity contribution is 6.00. The molecule has 2 saturated carbocycles. The largest absolute Gasteiger partial charge is 0.490 e. The van der Waals surface area contributed by atoms with Crippen molar-refractivity contribution in [2.24, 2.45) is 11.8 Å². The summed E-state index contributed by atoms with van der Waals surface area (Å²) in [6.45, 7) is 0.442. The molecule has 4 atom stereocenters. The second-order valence-electron chi connectivity index (χ2n) is 6.93. The molecular weight excluding hydrogens is 308 g/mol. The molecule has 1 saturated heterocycles. The van der Waals surface area contributed by atoms with E-state index in [9.17, 15) is 9.59 Å². The van der Waals surface area contributed by atoms with Crippen molar-refractivity contribution in [3.8, 4) is 5.75 Å². The molecule has 1 aromatic carbocycles. The highest BCUT2D eigenvalue weighted by atomic mass is 16.5. The highest BCUT2D eigenvalue weighted by Crippen LogP contribution is 2.46. The normalized spacial score (nSPS) is 30.5. The number of carbonyl (C=O) groups excluding carboxylic acids is 2. The van der Waals surface area contributed by atoms with E-state index in [-0.39, 0.29) is 5.91 Å². The fourth-order valence-corrected chi connectivity index (χ4v) is 4.19. The molecule has 6 nitrogen and oxygen atoms in total. The van der Waals surface area contributed by atoms with E-state index in [4.69, 9.17) is 9.47 Å². The van der Waals surface area contributed by atoms with Crippen molar-refractivity contribution in [2.75, 3.05) is 18.6 Å². The zero-order chi connectivity index (χ0) is 16.7. The number of amides is 2. The second-order valence-corrected chi connectivity index (χ2v) is 6.93. The average molecular weight is 330 g/mol. The number of nitrogens with one attached hydrogen (secondary N) is 1. The topological polar surface area (TPSA) is 67.9 Å². The van der Waals surface area contributed by atoms with Gasteiger partial charge in [-0.2, -0.15) is 0 Å². The molecular formula is C18H22N2O4. The van der Waals surface area contributed by atoms with E-state index in [0.29, 0.717) is 24.3 Å². The van der Waals surface area contributed by atoms with Gasteiger partial charge in [0.05, 0.1) is 7.11 Å². The first kappa shape index (κ1) is 15.3. The van der Waals surface area contributed by atoms with Gasteiger partial charge in [-0.1, -0.05) is 0 Å². The molecule has 0 unspecified atom stereocenters. The fourth-order valence-electron chi connectivity index (χ4n) is 4.19. The number of hydrogen-bond acceptors (Lipinski definition) is 4.